The molecule has 3 N–H and O–H groups in total. The number of nitrogens with two attached hydrogens (primary N) is 1. The van der Waals surface area contributed by atoms with E-state index in [0.717, 1.165) is 0 Å². The van der Waals surface area contributed by atoms with Crippen LogP contribution in [0, 0.1) is 0 Å². The fourth-order valence-corrected chi connectivity index (χ4v) is 1.51. The SMILES string of the molecule is C=C(/C=C\C=C/[NH2+]C)N=N/C(C)=N/N=c1\ccccn1CCO. The van der Waals surface area contributed by atoms with E-state index in [1.54, 1.807) is 17.6 Å². The lowest BCUT2D eigenvalue weighted by atomic mass is 10.4. The number of amidine groups is 1. The average Bonchev–Trinajstić information content (AvgIpc) is 2.56. The van der Waals surface area contributed by atoms with Crippen LogP contribution in [0.3, 0.4) is 0 Å². The third-order valence-corrected chi connectivity index (χ3v) is 2.58. The van der Waals surface area contributed by atoms with E-state index < -0.39 is 0 Å². The lowest BCUT2D eigenvalue weighted by Crippen LogP contribution is -2.72. The molecule has 1 rings (SSSR count). The van der Waals surface area contributed by atoms with Gasteiger partial charge in [-0.05, 0) is 31.2 Å². The van der Waals surface area contributed by atoms with Crippen molar-refractivity contribution in [1.29, 1.82) is 0 Å². The van der Waals surface area contributed by atoms with Crippen LogP contribution in [0.25, 0.3) is 0 Å². The highest BCUT2D eigenvalue weighted by atomic mass is 16.3. The van der Waals surface area contributed by atoms with Crippen molar-refractivity contribution in [2.24, 2.45) is 20.4 Å². The molecule has 0 unspecified atom stereocenters. The van der Waals surface area contributed by atoms with E-state index in [1.165, 1.54) is 0 Å². The van der Waals surface area contributed by atoms with Gasteiger partial charge in [0.05, 0.1) is 25.6 Å². The van der Waals surface area contributed by atoms with Crippen molar-refractivity contribution in [2.75, 3.05) is 13.7 Å². The number of nitrogens with zero attached hydrogens (tertiary/aromatic N) is 5. The summed E-state index contributed by atoms with van der Waals surface area (Å²) < 4.78 is 1.80. The van der Waals surface area contributed by atoms with Crippen molar-refractivity contribution in [2.45, 2.75) is 13.5 Å². The Morgan fingerprint density at radius 2 is 2.17 bits per heavy atom. The molecule has 0 aromatic carbocycles. The van der Waals surface area contributed by atoms with Crippen LogP contribution in [0.5, 0.6) is 0 Å². The van der Waals surface area contributed by atoms with E-state index in [9.17, 15) is 0 Å². The highest BCUT2D eigenvalue weighted by Crippen LogP contribution is 1.97. The van der Waals surface area contributed by atoms with Gasteiger partial charge in [-0.3, -0.25) is 0 Å². The van der Waals surface area contributed by atoms with Gasteiger partial charge in [-0.2, -0.15) is 0 Å². The maximum absolute atomic E-state index is 9.02. The highest BCUT2D eigenvalue weighted by Gasteiger charge is 1.91. The van der Waals surface area contributed by atoms with E-state index in [2.05, 4.69) is 27.0 Å². The Hall–Kier alpha value is -2.64. The Morgan fingerprint density at radius 3 is 2.91 bits per heavy atom. The van der Waals surface area contributed by atoms with Crippen molar-refractivity contribution in [1.82, 2.24) is 4.57 Å². The summed E-state index contributed by atoms with van der Waals surface area (Å²) in [5, 5.41) is 27.0. The summed E-state index contributed by atoms with van der Waals surface area (Å²) >= 11 is 0. The van der Waals surface area contributed by atoms with E-state index in [-0.39, 0.29) is 6.61 Å². The molecule has 0 spiro atoms. The molecule has 0 fully saturated rings. The van der Waals surface area contributed by atoms with Gasteiger partial charge in [-0.1, -0.05) is 18.7 Å². The first kappa shape index (κ1) is 18.4. The molecule has 0 radical (unpaired) electrons. The number of quaternary nitrogens is 1. The molecule has 0 saturated carbocycles. The van der Waals surface area contributed by atoms with Crippen molar-refractivity contribution in [3.63, 3.8) is 0 Å². The summed E-state index contributed by atoms with van der Waals surface area (Å²) in [4.78, 5) is 0. The van der Waals surface area contributed by atoms with Gasteiger partial charge in [0.1, 0.15) is 0 Å². The van der Waals surface area contributed by atoms with Gasteiger partial charge in [0.15, 0.2) is 11.3 Å². The standard InChI is InChI=1S/C16H22N6O/c1-14(8-4-6-10-17-3)18-19-15(2)20-21-16-9-5-7-11-22(16)12-13-23/h4-11,17,23H,1,12-13H2,2-3H3/p+1/b8-4-,10-6-,19-18?,20-15+,21-16+. The van der Waals surface area contributed by atoms with Crippen LogP contribution in [0.2, 0.25) is 0 Å². The first-order valence-corrected chi connectivity index (χ1v) is 7.25. The van der Waals surface area contributed by atoms with Gasteiger partial charge in [0.25, 0.3) is 0 Å². The Balaban J connectivity index is 2.76. The second-order valence-electron chi connectivity index (χ2n) is 4.49. The summed E-state index contributed by atoms with van der Waals surface area (Å²) in [6.07, 6.45) is 9.20. The maximum atomic E-state index is 9.02. The smallest absolute Gasteiger partial charge is 0.170 e. The molecule has 0 bridgehead atoms. The number of hydrogen-bond donors (Lipinski definition) is 2. The summed E-state index contributed by atoms with van der Waals surface area (Å²) in [7, 11) is 1.94. The number of hydrogen-bond acceptors (Lipinski definition) is 4. The first-order chi connectivity index (χ1) is 11.2. The predicted molar refractivity (Wildman–Crippen MR) is 90.3 cm³/mol. The second-order valence-corrected chi connectivity index (χ2v) is 4.49. The third-order valence-electron chi connectivity index (χ3n) is 2.58. The molecule has 0 aliphatic rings. The Labute approximate surface area is 135 Å². The molecule has 0 amide bonds. The van der Waals surface area contributed by atoms with Crippen molar-refractivity contribution in [3.8, 4) is 0 Å². The average molecular weight is 315 g/mol. The fourth-order valence-electron chi connectivity index (χ4n) is 1.51. The number of aliphatic hydroxyl groups is 1. The summed E-state index contributed by atoms with van der Waals surface area (Å²) in [5.74, 6) is 0.413. The van der Waals surface area contributed by atoms with E-state index in [4.69, 9.17) is 5.11 Å². The maximum Gasteiger partial charge on any atom is 0.170 e. The van der Waals surface area contributed by atoms with Crippen molar-refractivity contribution >= 4 is 5.84 Å². The van der Waals surface area contributed by atoms with Gasteiger partial charge in [0.2, 0.25) is 0 Å². The van der Waals surface area contributed by atoms with Crippen molar-refractivity contribution in [3.05, 3.63) is 66.6 Å². The number of aliphatic hydroxyl groups excluding tert-OH is 1. The molecular weight excluding hydrogens is 292 g/mol. The third kappa shape index (κ3) is 7.79. The lowest BCUT2D eigenvalue weighted by molar-refractivity contribution is -0.556. The van der Waals surface area contributed by atoms with E-state index in [0.29, 0.717) is 23.6 Å². The number of allylic oxidation sites excluding steroid dienone is 3. The molecule has 7 heteroatoms. The van der Waals surface area contributed by atoms with Gasteiger partial charge in [-0.15, -0.1) is 20.4 Å². The molecule has 0 aliphatic heterocycles. The largest absolute Gasteiger partial charge is 0.395 e. The minimum Gasteiger partial charge on any atom is -0.395 e. The Morgan fingerprint density at radius 1 is 1.35 bits per heavy atom. The zero-order valence-electron chi connectivity index (χ0n) is 13.5. The summed E-state index contributed by atoms with van der Waals surface area (Å²) in [6, 6.07) is 5.53. The van der Waals surface area contributed by atoms with Crippen LogP contribution in [-0.2, 0) is 6.54 Å². The number of azo groups is 1. The predicted octanol–water partition coefficient (Wildman–Crippen LogP) is 0.943. The zero-order valence-corrected chi connectivity index (χ0v) is 13.5. The van der Waals surface area contributed by atoms with Crippen LogP contribution < -0.4 is 10.8 Å². The minimum absolute atomic E-state index is 0.0377. The first-order valence-electron chi connectivity index (χ1n) is 7.25. The highest BCUT2D eigenvalue weighted by molar-refractivity contribution is 5.79. The van der Waals surface area contributed by atoms with Crippen molar-refractivity contribution < 1.29 is 10.4 Å². The Bertz CT molecular complexity index is 682. The quantitative estimate of drug-likeness (QED) is 0.253. The molecular formula is C16H23N6O+. The molecule has 122 valence electrons. The van der Waals surface area contributed by atoms with Crippen LogP contribution >= 0.6 is 0 Å². The van der Waals surface area contributed by atoms with E-state index in [1.807, 2.05) is 55.1 Å². The van der Waals surface area contributed by atoms with Gasteiger partial charge < -0.3 is 15.0 Å². The minimum atomic E-state index is 0.0377. The fraction of sp³-hybridized carbons (Fsp3) is 0.250. The lowest BCUT2D eigenvalue weighted by Gasteiger charge is -2.02. The molecule has 0 atom stereocenters. The van der Waals surface area contributed by atoms with Gasteiger partial charge in [-0.25, -0.2) is 0 Å². The van der Waals surface area contributed by atoms with Crippen LogP contribution in [-0.4, -0.2) is 29.2 Å². The second kappa shape index (κ2) is 11.0. The Kier molecular flexibility index (Phi) is 8.80. The molecule has 1 heterocycles. The van der Waals surface area contributed by atoms with E-state index >= 15 is 0 Å². The summed E-state index contributed by atoms with van der Waals surface area (Å²) in [6.45, 7) is 5.97. The number of rotatable bonds is 7. The number of aromatic nitrogens is 1. The summed E-state index contributed by atoms with van der Waals surface area (Å²) in [5.41, 5.74) is 1.16. The topological polar surface area (TPSA) is 91.2 Å². The van der Waals surface area contributed by atoms with Gasteiger partial charge in [0, 0.05) is 12.7 Å². The monoisotopic (exact) mass is 315 g/mol. The molecule has 1 aromatic rings. The van der Waals surface area contributed by atoms with Gasteiger partial charge >= 0.3 is 0 Å². The molecule has 23 heavy (non-hydrogen) atoms. The van der Waals surface area contributed by atoms with Crippen LogP contribution in [0.15, 0.2) is 81.5 Å². The molecule has 1 aromatic heterocycles. The normalized spacial score (nSPS) is 13.7. The van der Waals surface area contributed by atoms with Crippen LogP contribution in [0.4, 0.5) is 0 Å². The van der Waals surface area contributed by atoms with Crippen LogP contribution in [0.1, 0.15) is 6.92 Å². The molecule has 7 nitrogen and oxygen atoms in total. The molecule has 0 saturated heterocycles. The zero-order chi connectivity index (χ0) is 16.9. The molecule has 0 aliphatic carbocycles. The number of pyridine rings is 1.